The lowest BCUT2D eigenvalue weighted by Gasteiger charge is -2.21. The van der Waals surface area contributed by atoms with E-state index >= 15 is 0 Å². The van der Waals surface area contributed by atoms with E-state index in [4.69, 9.17) is 0 Å². The first-order valence-electron chi connectivity index (χ1n) is 6.63. The number of carboxylic acid groups (broad SMARTS) is 2. The number of aliphatic carboxylic acids is 2. The van der Waals surface area contributed by atoms with Crippen LogP contribution in [0.3, 0.4) is 0 Å². The van der Waals surface area contributed by atoms with Crippen LogP contribution in [0.25, 0.3) is 5.57 Å². The fourth-order valence-corrected chi connectivity index (χ4v) is 2.38. The maximum absolute atomic E-state index is 11.7. The molecule has 4 heteroatoms. The van der Waals surface area contributed by atoms with Gasteiger partial charge in [0.05, 0.1) is 5.57 Å². The Morgan fingerprint density at radius 1 is 0.905 bits per heavy atom. The van der Waals surface area contributed by atoms with Crippen molar-refractivity contribution in [2.75, 3.05) is 0 Å². The Morgan fingerprint density at radius 2 is 1.43 bits per heavy atom. The van der Waals surface area contributed by atoms with Crippen LogP contribution in [-0.4, -0.2) is 22.2 Å². The van der Waals surface area contributed by atoms with Crippen LogP contribution < -0.4 is 0 Å². The molecule has 0 radical (unpaired) electrons. The van der Waals surface area contributed by atoms with Crippen molar-refractivity contribution in [2.45, 2.75) is 27.7 Å². The number of allylic oxidation sites excluding steroid dienone is 2. The summed E-state index contributed by atoms with van der Waals surface area (Å²) >= 11 is 0. The minimum atomic E-state index is -1.20. The highest BCUT2D eigenvalue weighted by Crippen LogP contribution is 2.34. The highest BCUT2D eigenvalue weighted by molar-refractivity contribution is 6.02. The molecule has 0 spiro atoms. The summed E-state index contributed by atoms with van der Waals surface area (Å²) < 4.78 is 0. The molecule has 0 bridgehead atoms. The number of hydrogen-bond acceptors (Lipinski definition) is 2. The van der Waals surface area contributed by atoms with Gasteiger partial charge in [-0.25, -0.2) is 4.79 Å². The van der Waals surface area contributed by atoms with E-state index in [1.807, 2.05) is 6.07 Å². The number of carboxylic acids is 2. The molecule has 1 aromatic carbocycles. The molecule has 0 amide bonds. The van der Waals surface area contributed by atoms with E-state index in [-0.39, 0.29) is 5.57 Å². The third-order valence-electron chi connectivity index (χ3n) is 3.22. The van der Waals surface area contributed by atoms with Gasteiger partial charge in [-0.1, -0.05) is 41.5 Å². The van der Waals surface area contributed by atoms with E-state index in [9.17, 15) is 19.8 Å². The molecule has 0 aromatic heterocycles. The first kappa shape index (κ1) is 16.7. The minimum Gasteiger partial charge on any atom is -0.481 e. The fraction of sp³-hybridized carbons (Fsp3) is 0.294. The highest BCUT2D eigenvalue weighted by atomic mass is 16.4. The van der Waals surface area contributed by atoms with Crippen LogP contribution in [0.4, 0.5) is 0 Å². The zero-order chi connectivity index (χ0) is 16.2. The van der Waals surface area contributed by atoms with Crippen molar-refractivity contribution in [3.8, 4) is 0 Å². The van der Waals surface area contributed by atoms with E-state index in [0.29, 0.717) is 11.1 Å². The Hall–Kier alpha value is -2.36. The van der Waals surface area contributed by atoms with E-state index in [2.05, 4.69) is 0 Å². The molecule has 1 atom stereocenters. The van der Waals surface area contributed by atoms with Crippen molar-refractivity contribution in [3.05, 3.63) is 52.6 Å². The first-order chi connectivity index (χ1) is 9.77. The van der Waals surface area contributed by atoms with E-state index in [1.54, 1.807) is 52.0 Å². The zero-order valence-corrected chi connectivity index (χ0v) is 12.7. The van der Waals surface area contributed by atoms with Gasteiger partial charge in [0, 0.05) is 0 Å². The Balaban J connectivity index is 3.60. The smallest absolute Gasteiger partial charge is 0.332 e. The lowest BCUT2D eigenvalue weighted by molar-refractivity contribution is -0.142. The summed E-state index contributed by atoms with van der Waals surface area (Å²) in [5, 5.41) is 19.0. The van der Waals surface area contributed by atoms with Crippen molar-refractivity contribution >= 4 is 17.5 Å². The van der Waals surface area contributed by atoms with Crippen molar-refractivity contribution in [2.24, 2.45) is 5.92 Å². The van der Waals surface area contributed by atoms with Crippen LogP contribution >= 0.6 is 0 Å². The third kappa shape index (κ3) is 3.81. The Bertz CT molecular complexity index is 601. The van der Waals surface area contributed by atoms with Gasteiger partial charge in [-0.15, -0.1) is 0 Å². The zero-order valence-electron chi connectivity index (χ0n) is 12.7. The topological polar surface area (TPSA) is 74.6 Å². The van der Waals surface area contributed by atoms with Gasteiger partial charge < -0.3 is 10.2 Å². The molecule has 1 aromatic rings. The van der Waals surface area contributed by atoms with Crippen LogP contribution in [0.1, 0.15) is 33.3 Å². The molecule has 0 aliphatic rings. The maximum atomic E-state index is 11.7. The van der Waals surface area contributed by atoms with Crippen molar-refractivity contribution in [1.29, 1.82) is 0 Å². The van der Waals surface area contributed by atoms with Crippen LogP contribution in [0, 0.1) is 5.92 Å². The summed E-state index contributed by atoms with van der Waals surface area (Å²) in [6.07, 6.45) is 0. The van der Waals surface area contributed by atoms with Crippen molar-refractivity contribution < 1.29 is 19.8 Å². The molecular weight excluding hydrogens is 268 g/mol. The summed E-state index contributed by atoms with van der Waals surface area (Å²) in [6, 6.07) is 9.03. The molecule has 0 aliphatic heterocycles. The first-order valence-corrected chi connectivity index (χ1v) is 6.63. The van der Waals surface area contributed by atoms with Crippen LogP contribution in [0.2, 0.25) is 0 Å². The molecule has 1 unspecified atom stereocenters. The minimum absolute atomic E-state index is 0.0810. The van der Waals surface area contributed by atoms with Crippen LogP contribution in [0.15, 0.2) is 47.1 Å². The second kappa shape index (κ2) is 6.88. The molecule has 2 N–H and O–H groups in total. The van der Waals surface area contributed by atoms with Gasteiger partial charge in [-0.2, -0.15) is 0 Å². The Morgan fingerprint density at radius 3 is 1.76 bits per heavy atom. The normalized spacial score (nSPS) is 11.4. The van der Waals surface area contributed by atoms with E-state index in [0.717, 1.165) is 11.1 Å². The predicted octanol–water partition coefficient (Wildman–Crippen LogP) is 3.60. The molecule has 0 heterocycles. The van der Waals surface area contributed by atoms with Crippen LogP contribution in [-0.2, 0) is 9.59 Å². The van der Waals surface area contributed by atoms with Gasteiger partial charge in [0.25, 0.3) is 0 Å². The average molecular weight is 288 g/mol. The Kier molecular flexibility index (Phi) is 5.47. The lowest BCUT2D eigenvalue weighted by Crippen LogP contribution is -2.24. The van der Waals surface area contributed by atoms with Crippen LogP contribution in [0.5, 0.6) is 0 Å². The van der Waals surface area contributed by atoms with Gasteiger partial charge in [0.2, 0.25) is 0 Å². The number of benzene rings is 1. The number of hydrogen-bond donors (Lipinski definition) is 2. The number of carbonyl (C=O) groups is 2. The second-order valence-electron chi connectivity index (χ2n) is 5.27. The molecule has 21 heavy (non-hydrogen) atoms. The summed E-state index contributed by atoms with van der Waals surface area (Å²) in [7, 11) is 0. The SMILES string of the molecule is CC(C)=C(C(=O)O)C(C(=O)O)C(=C(C)C)c1ccccc1. The van der Waals surface area contributed by atoms with E-state index < -0.39 is 17.9 Å². The van der Waals surface area contributed by atoms with Crippen molar-refractivity contribution in [1.82, 2.24) is 0 Å². The largest absolute Gasteiger partial charge is 0.481 e. The van der Waals surface area contributed by atoms with Gasteiger partial charge >= 0.3 is 11.9 Å². The third-order valence-corrected chi connectivity index (χ3v) is 3.22. The molecule has 1 rings (SSSR count). The lowest BCUT2D eigenvalue weighted by atomic mass is 9.82. The standard InChI is InChI=1S/C17H20O4/c1-10(2)13(12-8-6-5-7-9-12)15(17(20)21)14(11(3)4)16(18)19/h5-9,15H,1-4H3,(H,18,19)(H,20,21). The fourth-order valence-electron chi connectivity index (χ4n) is 2.38. The highest BCUT2D eigenvalue weighted by Gasteiger charge is 2.33. The number of rotatable bonds is 5. The Labute approximate surface area is 124 Å². The maximum Gasteiger partial charge on any atom is 0.332 e. The van der Waals surface area contributed by atoms with Crippen molar-refractivity contribution in [3.63, 3.8) is 0 Å². The van der Waals surface area contributed by atoms with Gasteiger partial charge in [-0.3, -0.25) is 4.79 Å². The molecule has 0 saturated carbocycles. The molecular formula is C17H20O4. The summed E-state index contributed by atoms with van der Waals surface area (Å²) in [4.78, 5) is 23.2. The van der Waals surface area contributed by atoms with Gasteiger partial charge in [0.1, 0.15) is 5.92 Å². The summed E-state index contributed by atoms with van der Waals surface area (Å²) in [5.41, 5.74) is 2.45. The monoisotopic (exact) mass is 288 g/mol. The quantitative estimate of drug-likeness (QED) is 0.812. The molecule has 0 saturated heterocycles. The molecule has 0 aliphatic carbocycles. The summed E-state index contributed by atoms with van der Waals surface area (Å²) in [5.74, 6) is -3.54. The molecule has 0 fully saturated rings. The second-order valence-corrected chi connectivity index (χ2v) is 5.27. The molecule has 4 nitrogen and oxygen atoms in total. The van der Waals surface area contributed by atoms with Gasteiger partial charge in [-0.05, 0) is 38.8 Å². The summed E-state index contributed by atoms with van der Waals surface area (Å²) in [6.45, 7) is 6.82. The molecule has 112 valence electrons. The van der Waals surface area contributed by atoms with E-state index in [1.165, 1.54) is 0 Å². The predicted molar refractivity (Wildman–Crippen MR) is 81.8 cm³/mol. The van der Waals surface area contributed by atoms with Gasteiger partial charge in [0.15, 0.2) is 0 Å². The average Bonchev–Trinajstić information content (AvgIpc) is 2.37.